The van der Waals surface area contributed by atoms with Crippen LogP contribution in [0.5, 0.6) is 0 Å². The van der Waals surface area contributed by atoms with Gasteiger partial charge in [0.15, 0.2) is 0 Å². The molecule has 0 atom stereocenters. The smallest absolute Gasteiger partial charge is 0.141 e. The Morgan fingerprint density at radius 2 is 2.27 bits per heavy atom. The molecule has 0 N–H and O–H groups in total. The number of nitriles is 1. The Morgan fingerprint density at radius 3 is 2.87 bits per heavy atom. The number of hydrogen-bond acceptors (Lipinski definition) is 2. The summed E-state index contributed by atoms with van der Waals surface area (Å²) in [7, 11) is 1.87. The molecule has 1 aromatic carbocycles. The topological polar surface area (TPSA) is 27.0 Å². The highest BCUT2D eigenvalue weighted by Crippen LogP contribution is 2.16. The van der Waals surface area contributed by atoms with Crippen LogP contribution in [-0.4, -0.2) is 25.0 Å². The van der Waals surface area contributed by atoms with Crippen LogP contribution < -0.4 is 0 Å². The van der Waals surface area contributed by atoms with E-state index in [4.69, 9.17) is 16.9 Å². The van der Waals surface area contributed by atoms with Crippen LogP contribution in [0.15, 0.2) is 18.2 Å². The maximum Gasteiger partial charge on any atom is 0.141 e. The maximum absolute atomic E-state index is 12.8. The van der Waals surface area contributed by atoms with Gasteiger partial charge in [-0.3, -0.25) is 4.90 Å². The highest BCUT2D eigenvalue weighted by Gasteiger charge is 2.02. The summed E-state index contributed by atoms with van der Waals surface area (Å²) >= 11 is 5.65. The third kappa shape index (κ3) is 3.86. The van der Waals surface area contributed by atoms with Gasteiger partial charge in [0, 0.05) is 6.54 Å². The van der Waals surface area contributed by atoms with E-state index in [2.05, 4.69) is 6.07 Å². The molecule has 0 fully saturated rings. The molecule has 0 radical (unpaired) electrons. The zero-order valence-electron chi connectivity index (χ0n) is 8.50. The summed E-state index contributed by atoms with van der Waals surface area (Å²) in [5.41, 5.74) is 0.978. The van der Waals surface area contributed by atoms with E-state index in [9.17, 15) is 4.39 Å². The van der Waals surface area contributed by atoms with Crippen LogP contribution in [0, 0.1) is 17.1 Å². The lowest BCUT2D eigenvalue weighted by molar-refractivity contribution is 0.379. The van der Waals surface area contributed by atoms with E-state index in [0.717, 1.165) is 18.5 Å². The molecular weight excluding hydrogens is 215 g/mol. The average molecular weight is 227 g/mol. The summed E-state index contributed by atoms with van der Waals surface area (Å²) in [5, 5.41) is 8.60. The van der Waals surface area contributed by atoms with Gasteiger partial charge in [-0.15, -0.1) is 0 Å². The number of hydrogen-bond donors (Lipinski definition) is 0. The van der Waals surface area contributed by atoms with Crippen molar-refractivity contribution in [2.75, 3.05) is 20.1 Å². The third-order valence-electron chi connectivity index (χ3n) is 2.11. The van der Waals surface area contributed by atoms with Crippen molar-refractivity contribution < 1.29 is 4.39 Å². The second-order valence-electron chi connectivity index (χ2n) is 3.39. The Kier molecular flexibility index (Phi) is 4.54. The molecule has 0 bridgehead atoms. The molecule has 0 aromatic heterocycles. The van der Waals surface area contributed by atoms with Crippen molar-refractivity contribution in [3.8, 4) is 6.07 Å². The predicted octanol–water partition coefficient (Wildman–Crippen LogP) is 2.48. The highest BCUT2D eigenvalue weighted by molar-refractivity contribution is 6.30. The minimum atomic E-state index is -0.397. The van der Waals surface area contributed by atoms with Gasteiger partial charge in [0.25, 0.3) is 0 Å². The number of rotatable bonds is 4. The van der Waals surface area contributed by atoms with Gasteiger partial charge in [0.2, 0.25) is 0 Å². The molecule has 80 valence electrons. The van der Waals surface area contributed by atoms with E-state index in [1.54, 1.807) is 12.1 Å². The van der Waals surface area contributed by atoms with E-state index in [-0.39, 0.29) is 5.02 Å². The van der Waals surface area contributed by atoms with E-state index < -0.39 is 5.82 Å². The van der Waals surface area contributed by atoms with Gasteiger partial charge in [-0.25, -0.2) is 4.39 Å². The lowest BCUT2D eigenvalue weighted by atomic mass is 10.1. The average Bonchev–Trinajstić information content (AvgIpc) is 2.20. The Hall–Kier alpha value is -1.11. The highest BCUT2D eigenvalue weighted by atomic mass is 35.5. The monoisotopic (exact) mass is 226 g/mol. The summed E-state index contributed by atoms with van der Waals surface area (Å²) in [6.45, 7) is 1.16. The lowest BCUT2D eigenvalue weighted by Crippen LogP contribution is -2.21. The van der Waals surface area contributed by atoms with Crippen LogP contribution >= 0.6 is 11.6 Å². The van der Waals surface area contributed by atoms with Gasteiger partial charge in [-0.2, -0.15) is 5.26 Å². The molecule has 15 heavy (non-hydrogen) atoms. The van der Waals surface area contributed by atoms with Gasteiger partial charge >= 0.3 is 0 Å². The first-order valence-electron chi connectivity index (χ1n) is 4.63. The molecule has 1 rings (SSSR count). The van der Waals surface area contributed by atoms with Gasteiger partial charge in [-0.1, -0.05) is 17.7 Å². The normalized spacial score (nSPS) is 10.3. The SMILES string of the molecule is CN(CC#N)CCc1ccc(F)c(Cl)c1. The van der Waals surface area contributed by atoms with Gasteiger partial charge in [0.05, 0.1) is 17.6 Å². The fraction of sp³-hybridized carbons (Fsp3) is 0.364. The van der Waals surface area contributed by atoms with Gasteiger partial charge < -0.3 is 0 Å². The van der Waals surface area contributed by atoms with Crippen molar-refractivity contribution in [2.24, 2.45) is 0 Å². The maximum atomic E-state index is 12.8. The summed E-state index contributed by atoms with van der Waals surface area (Å²) in [6, 6.07) is 6.76. The summed E-state index contributed by atoms with van der Waals surface area (Å²) < 4.78 is 12.8. The molecule has 0 spiro atoms. The van der Waals surface area contributed by atoms with E-state index in [0.29, 0.717) is 6.54 Å². The zero-order chi connectivity index (χ0) is 11.3. The van der Waals surface area contributed by atoms with Gasteiger partial charge in [0.1, 0.15) is 5.82 Å². The number of halogens is 2. The van der Waals surface area contributed by atoms with E-state index in [1.807, 2.05) is 11.9 Å². The molecule has 1 aromatic rings. The van der Waals surface area contributed by atoms with Crippen LogP contribution in [-0.2, 0) is 6.42 Å². The molecular formula is C11H12ClFN2. The van der Waals surface area contributed by atoms with Crippen LogP contribution in [0.25, 0.3) is 0 Å². The molecule has 0 aliphatic carbocycles. The summed E-state index contributed by atoms with van der Waals surface area (Å²) in [4.78, 5) is 1.90. The first-order valence-corrected chi connectivity index (χ1v) is 5.00. The first kappa shape index (κ1) is 12.0. The molecule has 0 heterocycles. The molecule has 0 amide bonds. The van der Waals surface area contributed by atoms with Crippen molar-refractivity contribution in [3.05, 3.63) is 34.6 Å². The second kappa shape index (κ2) is 5.69. The number of nitrogens with zero attached hydrogens (tertiary/aromatic N) is 2. The second-order valence-corrected chi connectivity index (χ2v) is 3.80. The quantitative estimate of drug-likeness (QED) is 0.738. The van der Waals surface area contributed by atoms with E-state index in [1.165, 1.54) is 6.07 Å². The first-order chi connectivity index (χ1) is 7.13. The van der Waals surface area contributed by atoms with Crippen LogP contribution in [0.3, 0.4) is 0 Å². The largest absolute Gasteiger partial charge is 0.293 e. The summed E-state index contributed by atoms with van der Waals surface area (Å²) in [5.74, 6) is -0.397. The van der Waals surface area contributed by atoms with Crippen LogP contribution in [0.2, 0.25) is 5.02 Å². The van der Waals surface area contributed by atoms with Crippen LogP contribution in [0.4, 0.5) is 4.39 Å². The molecule has 0 saturated carbocycles. The molecule has 0 aliphatic heterocycles. The molecule has 2 nitrogen and oxygen atoms in total. The van der Waals surface area contributed by atoms with Crippen LogP contribution in [0.1, 0.15) is 5.56 Å². The fourth-order valence-electron chi connectivity index (χ4n) is 1.21. The molecule has 0 unspecified atom stereocenters. The molecule has 4 heteroatoms. The van der Waals surface area contributed by atoms with Crippen molar-refractivity contribution in [3.63, 3.8) is 0 Å². The minimum absolute atomic E-state index is 0.149. The Balaban J connectivity index is 2.51. The van der Waals surface area contributed by atoms with Crippen molar-refractivity contribution in [2.45, 2.75) is 6.42 Å². The number of benzene rings is 1. The molecule has 0 saturated heterocycles. The molecule has 0 aliphatic rings. The number of likely N-dealkylation sites (N-methyl/N-ethyl adjacent to an activating group) is 1. The Morgan fingerprint density at radius 1 is 1.53 bits per heavy atom. The predicted molar refractivity (Wildman–Crippen MR) is 58.2 cm³/mol. The fourth-order valence-corrected chi connectivity index (χ4v) is 1.42. The standard InChI is InChI=1S/C11H12ClFN2/c1-15(7-5-14)6-4-9-2-3-11(13)10(12)8-9/h2-3,8H,4,6-7H2,1H3. The van der Waals surface area contributed by atoms with Crippen molar-refractivity contribution >= 4 is 11.6 Å². The van der Waals surface area contributed by atoms with E-state index >= 15 is 0 Å². The Labute approximate surface area is 93.9 Å². The van der Waals surface area contributed by atoms with Crippen molar-refractivity contribution in [1.82, 2.24) is 4.90 Å². The third-order valence-corrected chi connectivity index (χ3v) is 2.40. The zero-order valence-corrected chi connectivity index (χ0v) is 9.26. The summed E-state index contributed by atoms with van der Waals surface area (Å²) in [6.07, 6.45) is 0.762. The van der Waals surface area contributed by atoms with Gasteiger partial charge in [-0.05, 0) is 31.2 Å². The lowest BCUT2D eigenvalue weighted by Gasteiger charge is -2.12. The Bertz CT molecular complexity index is 373. The minimum Gasteiger partial charge on any atom is -0.293 e. The van der Waals surface area contributed by atoms with Crippen molar-refractivity contribution in [1.29, 1.82) is 5.26 Å².